The Morgan fingerprint density at radius 2 is 2.17 bits per heavy atom. The van der Waals surface area contributed by atoms with Crippen molar-refractivity contribution in [2.24, 2.45) is 5.92 Å². The van der Waals surface area contributed by atoms with Crippen molar-refractivity contribution in [3.05, 3.63) is 64.0 Å². The molecule has 3 atom stereocenters. The molecule has 2 heterocycles. The van der Waals surface area contributed by atoms with Gasteiger partial charge in [-0.2, -0.15) is 0 Å². The van der Waals surface area contributed by atoms with Gasteiger partial charge in [-0.15, -0.1) is 0 Å². The van der Waals surface area contributed by atoms with Gasteiger partial charge in [0.2, 0.25) is 5.91 Å². The highest BCUT2D eigenvalue weighted by atomic mass is 16.5. The van der Waals surface area contributed by atoms with Crippen LogP contribution < -0.4 is 10.9 Å². The number of aryl methyl sites for hydroxylation is 1. The Balaban J connectivity index is 1.61. The molecule has 4 rings (SSSR count). The van der Waals surface area contributed by atoms with Gasteiger partial charge in [-0.1, -0.05) is 24.6 Å². The van der Waals surface area contributed by atoms with E-state index in [9.17, 15) is 9.59 Å². The van der Waals surface area contributed by atoms with E-state index in [4.69, 9.17) is 4.74 Å². The second-order valence-corrected chi connectivity index (χ2v) is 8.10. The number of nitrogens with zero attached hydrogens (tertiary/aromatic N) is 1. The molecular formula is C23H28N4O3. The standard InChI is InChI=1S/C23H28N4O3/c1-14-25-21(12-22(28)26-14)20(11-16-13-24-19-9-4-3-8-18(16)19)27-23(29)15-6-5-7-17(10-15)30-2/h3-4,8-9,12-13,15,17,20,24H,5-7,10-11H2,1-2H3,(H,27,29)(H,25,26,28)/t15-,17-,20-/m0/s1. The van der Waals surface area contributed by atoms with Crippen LogP contribution in [0.25, 0.3) is 10.9 Å². The number of amides is 1. The molecule has 0 unspecified atom stereocenters. The number of nitrogens with one attached hydrogen (secondary N) is 3. The Kier molecular flexibility index (Phi) is 5.99. The van der Waals surface area contributed by atoms with Crippen LogP contribution in [0.4, 0.5) is 0 Å². The highest BCUT2D eigenvalue weighted by Crippen LogP contribution is 2.28. The molecule has 7 heteroatoms. The first-order valence-electron chi connectivity index (χ1n) is 10.5. The van der Waals surface area contributed by atoms with Crippen molar-refractivity contribution >= 4 is 16.8 Å². The smallest absolute Gasteiger partial charge is 0.251 e. The fourth-order valence-corrected chi connectivity index (χ4v) is 4.42. The Hall–Kier alpha value is -2.93. The Morgan fingerprint density at radius 3 is 2.97 bits per heavy atom. The summed E-state index contributed by atoms with van der Waals surface area (Å²) in [7, 11) is 1.70. The van der Waals surface area contributed by atoms with Crippen molar-refractivity contribution in [3.8, 4) is 0 Å². The quantitative estimate of drug-likeness (QED) is 0.583. The third kappa shape index (κ3) is 4.46. The van der Waals surface area contributed by atoms with Gasteiger partial charge in [-0.3, -0.25) is 9.59 Å². The van der Waals surface area contributed by atoms with Crippen LogP contribution in [0.5, 0.6) is 0 Å². The molecule has 7 nitrogen and oxygen atoms in total. The van der Waals surface area contributed by atoms with Gasteiger partial charge >= 0.3 is 0 Å². The number of H-pyrrole nitrogens is 2. The van der Waals surface area contributed by atoms with Gasteiger partial charge < -0.3 is 20.0 Å². The first kappa shape index (κ1) is 20.3. The van der Waals surface area contributed by atoms with E-state index < -0.39 is 0 Å². The lowest BCUT2D eigenvalue weighted by Gasteiger charge is -2.29. The normalized spacial score (nSPS) is 20.2. The van der Waals surface area contributed by atoms with Crippen molar-refractivity contribution < 1.29 is 9.53 Å². The van der Waals surface area contributed by atoms with E-state index in [1.54, 1.807) is 14.0 Å². The van der Waals surface area contributed by atoms with E-state index >= 15 is 0 Å². The molecular weight excluding hydrogens is 380 g/mol. The van der Waals surface area contributed by atoms with E-state index in [0.717, 1.165) is 42.1 Å². The predicted molar refractivity (Wildman–Crippen MR) is 115 cm³/mol. The lowest BCUT2D eigenvalue weighted by Crippen LogP contribution is -2.39. The van der Waals surface area contributed by atoms with Gasteiger partial charge in [0.05, 0.1) is 17.8 Å². The first-order chi connectivity index (χ1) is 14.5. The molecule has 0 bridgehead atoms. The van der Waals surface area contributed by atoms with Gasteiger partial charge in [0, 0.05) is 42.6 Å². The lowest BCUT2D eigenvalue weighted by molar-refractivity contribution is -0.128. The van der Waals surface area contributed by atoms with Crippen molar-refractivity contribution in [3.63, 3.8) is 0 Å². The maximum Gasteiger partial charge on any atom is 0.251 e. The van der Waals surface area contributed by atoms with Gasteiger partial charge in [0.15, 0.2) is 0 Å². The number of hydrogen-bond donors (Lipinski definition) is 3. The molecule has 0 spiro atoms. The van der Waals surface area contributed by atoms with Crippen LogP contribution in [0.1, 0.15) is 48.8 Å². The van der Waals surface area contributed by atoms with Gasteiger partial charge in [-0.25, -0.2) is 4.98 Å². The van der Waals surface area contributed by atoms with E-state index in [1.165, 1.54) is 6.07 Å². The van der Waals surface area contributed by atoms with E-state index in [0.29, 0.717) is 17.9 Å². The highest BCUT2D eigenvalue weighted by Gasteiger charge is 2.29. The Morgan fingerprint density at radius 1 is 1.33 bits per heavy atom. The van der Waals surface area contributed by atoms with Crippen molar-refractivity contribution in [2.45, 2.75) is 51.2 Å². The second kappa shape index (κ2) is 8.83. The minimum absolute atomic E-state index is 0.00123. The summed E-state index contributed by atoms with van der Waals surface area (Å²) in [6.45, 7) is 1.75. The van der Waals surface area contributed by atoms with Crippen LogP contribution in [0.3, 0.4) is 0 Å². The number of methoxy groups -OCH3 is 1. The highest BCUT2D eigenvalue weighted by molar-refractivity contribution is 5.83. The molecule has 2 aromatic heterocycles. The summed E-state index contributed by atoms with van der Waals surface area (Å²) >= 11 is 0. The minimum Gasteiger partial charge on any atom is -0.381 e. The summed E-state index contributed by atoms with van der Waals surface area (Å²) in [6, 6.07) is 9.15. The monoisotopic (exact) mass is 408 g/mol. The molecule has 1 amide bonds. The van der Waals surface area contributed by atoms with Crippen LogP contribution in [0.15, 0.2) is 41.3 Å². The Labute approximate surface area is 175 Å². The van der Waals surface area contributed by atoms with Crippen LogP contribution in [0.2, 0.25) is 0 Å². The van der Waals surface area contributed by atoms with Crippen molar-refractivity contribution in [2.75, 3.05) is 7.11 Å². The van der Waals surface area contributed by atoms with Gasteiger partial charge in [-0.05, 0) is 37.8 Å². The summed E-state index contributed by atoms with van der Waals surface area (Å²) in [5, 5.41) is 4.29. The average Bonchev–Trinajstić information content (AvgIpc) is 3.15. The number of ether oxygens (including phenoxy) is 1. The average molecular weight is 409 g/mol. The fourth-order valence-electron chi connectivity index (χ4n) is 4.42. The molecule has 0 radical (unpaired) electrons. The van der Waals surface area contributed by atoms with Crippen molar-refractivity contribution in [1.82, 2.24) is 20.3 Å². The third-order valence-corrected chi connectivity index (χ3v) is 5.98. The van der Waals surface area contributed by atoms with Crippen LogP contribution in [0, 0.1) is 12.8 Å². The zero-order valence-electron chi connectivity index (χ0n) is 17.4. The molecule has 1 aliphatic rings. The molecule has 1 aromatic carbocycles. The number of rotatable bonds is 6. The molecule has 30 heavy (non-hydrogen) atoms. The zero-order chi connectivity index (χ0) is 21.1. The molecule has 0 saturated heterocycles. The number of para-hydroxylation sites is 1. The molecule has 3 N–H and O–H groups in total. The number of benzene rings is 1. The van der Waals surface area contributed by atoms with Crippen LogP contribution in [-0.4, -0.2) is 34.1 Å². The molecule has 1 saturated carbocycles. The van der Waals surface area contributed by atoms with Gasteiger partial charge in [0.1, 0.15) is 5.82 Å². The molecule has 1 fully saturated rings. The SMILES string of the molecule is CO[C@H]1CCC[C@H](C(=O)N[C@@H](Cc2c[nH]c3ccccc23)c2cc(=O)[nH]c(C)n2)C1. The number of carbonyl (C=O) groups is 1. The van der Waals surface area contributed by atoms with Gasteiger partial charge in [0.25, 0.3) is 5.56 Å². The van der Waals surface area contributed by atoms with E-state index in [-0.39, 0.29) is 29.5 Å². The largest absolute Gasteiger partial charge is 0.381 e. The summed E-state index contributed by atoms with van der Waals surface area (Å²) in [5.41, 5.74) is 2.48. The number of aromatic amines is 2. The molecule has 0 aliphatic heterocycles. The summed E-state index contributed by atoms with van der Waals surface area (Å²) in [4.78, 5) is 35.7. The predicted octanol–water partition coefficient (Wildman–Crippen LogP) is 3.16. The van der Waals surface area contributed by atoms with Crippen LogP contribution in [-0.2, 0) is 16.0 Å². The Bertz CT molecular complexity index is 1090. The lowest BCUT2D eigenvalue weighted by atomic mass is 9.86. The first-order valence-corrected chi connectivity index (χ1v) is 10.5. The molecule has 1 aliphatic carbocycles. The van der Waals surface area contributed by atoms with Crippen molar-refractivity contribution in [1.29, 1.82) is 0 Å². The third-order valence-electron chi connectivity index (χ3n) is 5.98. The molecule has 158 valence electrons. The number of fused-ring (bicyclic) bond motifs is 1. The summed E-state index contributed by atoms with van der Waals surface area (Å²) in [5.74, 6) is 0.450. The van der Waals surface area contributed by atoms with E-state index in [2.05, 4.69) is 26.3 Å². The van der Waals surface area contributed by atoms with Crippen LogP contribution >= 0.6 is 0 Å². The second-order valence-electron chi connectivity index (χ2n) is 8.10. The number of aromatic nitrogens is 3. The topological polar surface area (TPSA) is 99.9 Å². The maximum atomic E-state index is 13.1. The summed E-state index contributed by atoms with van der Waals surface area (Å²) < 4.78 is 5.48. The maximum absolute atomic E-state index is 13.1. The molecule has 3 aromatic rings. The zero-order valence-corrected chi connectivity index (χ0v) is 17.4. The summed E-state index contributed by atoms with van der Waals surface area (Å²) in [6.07, 6.45) is 6.19. The fraction of sp³-hybridized carbons (Fsp3) is 0.435. The number of hydrogen-bond acceptors (Lipinski definition) is 4. The van der Waals surface area contributed by atoms with E-state index in [1.807, 2.05) is 24.4 Å². The minimum atomic E-state index is -0.388. The number of carbonyl (C=O) groups excluding carboxylic acids is 1.